The summed E-state index contributed by atoms with van der Waals surface area (Å²) in [5.41, 5.74) is 1.20. The minimum Gasteiger partial charge on any atom is -0.355 e. The van der Waals surface area contributed by atoms with Gasteiger partial charge in [-0.3, -0.25) is 4.79 Å². The molecule has 0 heterocycles. The summed E-state index contributed by atoms with van der Waals surface area (Å²) in [7, 11) is 0. The first kappa shape index (κ1) is 14.1. The Morgan fingerprint density at radius 1 is 1.35 bits per heavy atom. The van der Waals surface area contributed by atoms with Crippen molar-refractivity contribution in [1.29, 1.82) is 0 Å². The SMILES string of the molecule is CCNC(=O)CNC(C)c1ccc(SC)cc1. The van der Waals surface area contributed by atoms with E-state index in [9.17, 15) is 4.79 Å². The molecular formula is C13H20N2OS. The Labute approximate surface area is 107 Å². The molecule has 94 valence electrons. The molecule has 1 aromatic carbocycles. The Morgan fingerprint density at radius 2 is 2.00 bits per heavy atom. The fraction of sp³-hybridized carbons (Fsp3) is 0.462. The van der Waals surface area contributed by atoms with E-state index in [0.717, 1.165) is 0 Å². The van der Waals surface area contributed by atoms with Crippen LogP contribution in [0, 0.1) is 0 Å². The number of hydrogen-bond acceptors (Lipinski definition) is 3. The molecule has 0 saturated heterocycles. The quantitative estimate of drug-likeness (QED) is 0.763. The predicted molar refractivity (Wildman–Crippen MR) is 73.3 cm³/mol. The van der Waals surface area contributed by atoms with Crippen LogP contribution in [0.2, 0.25) is 0 Å². The maximum Gasteiger partial charge on any atom is 0.233 e. The lowest BCUT2D eigenvalue weighted by Gasteiger charge is -2.14. The summed E-state index contributed by atoms with van der Waals surface area (Å²) in [6.45, 7) is 5.02. The van der Waals surface area contributed by atoms with Crippen LogP contribution in [0.1, 0.15) is 25.5 Å². The number of nitrogens with one attached hydrogen (secondary N) is 2. The highest BCUT2D eigenvalue weighted by molar-refractivity contribution is 7.98. The average Bonchev–Trinajstić information content (AvgIpc) is 2.36. The van der Waals surface area contributed by atoms with Gasteiger partial charge in [-0.25, -0.2) is 0 Å². The Kier molecular flexibility index (Phi) is 6.08. The average molecular weight is 252 g/mol. The molecule has 1 atom stereocenters. The van der Waals surface area contributed by atoms with Crippen molar-refractivity contribution in [3.8, 4) is 0 Å². The minimum absolute atomic E-state index is 0.0417. The molecule has 0 aliphatic rings. The van der Waals surface area contributed by atoms with Crippen LogP contribution in [0.4, 0.5) is 0 Å². The molecule has 4 heteroatoms. The fourth-order valence-corrected chi connectivity index (χ4v) is 1.92. The zero-order valence-corrected chi connectivity index (χ0v) is 11.4. The van der Waals surface area contributed by atoms with E-state index >= 15 is 0 Å². The van der Waals surface area contributed by atoms with Crippen molar-refractivity contribution in [1.82, 2.24) is 10.6 Å². The van der Waals surface area contributed by atoms with Gasteiger partial charge in [-0.2, -0.15) is 0 Å². The van der Waals surface area contributed by atoms with Crippen molar-refractivity contribution < 1.29 is 4.79 Å². The Balaban J connectivity index is 2.46. The van der Waals surface area contributed by atoms with E-state index in [2.05, 4.69) is 48.1 Å². The number of likely N-dealkylation sites (N-methyl/N-ethyl adjacent to an activating group) is 1. The minimum atomic E-state index is 0.0417. The van der Waals surface area contributed by atoms with Crippen molar-refractivity contribution in [2.45, 2.75) is 24.8 Å². The number of carbonyl (C=O) groups excluding carboxylic acids is 1. The van der Waals surface area contributed by atoms with Crippen molar-refractivity contribution in [3.63, 3.8) is 0 Å². The number of benzene rings is 1. The number of carbonyl (C=O) groups is 1. The van der Waals surface area contributed by atoms with Crippen LogP contribution in [-0.2, 0) is 4.79 Å². The van der Waals surface area contributed by atoms with Crippen LogP contribution in [0.5, 0.6) is 0 Å². The molecule has 0 fully saturated rings. The molecular weight excluding hydrogens is 232 g/mol. The second-order valence-corrected chi connectivity index (χ2v) is 4.71. The molecule has 0 radical (unpaired) electrons. The second-order valence-electron chi connectivity index (χ2n) is 3.83. The molecule has 0 spiro atoms. The van der Waals surface area contributed by atoms with Crippen molar-refractivity contribution in [3.05, 3.63) is 29.8 Å². The summed E-state index contributed by atoms with van der Waals surface area (Å²) in [6, 6.07) is 8.59. The highest BCUT2D eigenvalue weighted by atomic mass is 32.2. The van der Waals surface area contributed by atoms with Crippen molar-refractivity contribution in [2.24, 2.45) is 0 Å². The van der Waals surface area contributed by atoms with Gasteiger partial charge in [0.2, 0.25) is 5.91 Å². The third-order valence-electron chi connectivity index (χ3n) is 2.56. The number of thioether (sulfide) groups is 1. The van der Waals surface area contributed by atoms with Crippen LogP contribution in [0.15, 0.2) is 29.2 Å². The summed E-state index contributed by atoms with van der Waals surface area (Å²) < 4.78 is 0. The molecule has 0 bridgehead atoms. The smallest absolute Gasteiger partial charge is 0.233 e. The van der Waals surface area contributed by atoms with Gasteiger partial charge in [-0.15, -0.1) is 11.8 Å². The van der Waals surface area contributed by atoms with Gasteiger partial charge in [-0.1, -0.05) is 12.1 Å². The van der Waals surface area contributed by atoms with E-state index in [-0.39, 0.29) is 11.9 Å². The van der Waals surface area contributed by atoms with Crippen LogP contribution < -0.4 is 10.6 Å². The van der Waals surface area contributed by atoms with Crippen LogP contribution in [-0.4, -0.2) is 25.3 Å². The van der Waals surface area contributed by atoms with Crippen LogP contribution in [0.3, 0.4) is 0 Å². The van der Waals surface area contributed by atoms with Gasteiger partial charge in [-0.05, 0) is 37.8 Å². The monoisotopic (exact) mass is 252 g/mol. The number of hydrogen-bond donors (Lipinski definition) is 2. The van der Waals surface area contributed by atoms with E-state index < -0.39 is 0 Å². The fourth-order valence-electron chi connectivity index (χ4n) is 1.52. The molecule has 3 nitrogen and oxygen atoms in total. The molecule has 0 aliphatic heterocycles. The maximum atomic E-state index is 11.3. The number of amides is 1. The third-order valence-corrected chi connectivity index (χ3v) is 3.30. The van der Waals surface area contributed by atoms with Gasteiger partial charge in [0.15, 0.2) is 0 Å². The summed E-state index contributed by atoms with van der Waals surface area (Å²) in [5, 5.41) is 5.97. The molecule has 17 heavy (non-hydrogen) atoms. The van der Waals surface area contributed by atoms with E-state index in [0.29, 0.717) is 13.1 Å². The summed E-state index contributed by atoms with van der Waals surface area (Å²) >= 11 is 1.73. The number of rotatable bonds is 6. The Hall–Kier alpha value is -1.00. The Bertz CT molecular complexity index is 351. The van der Waals surface area contributed by atoms with Gasteiger partial charge in [0.1, 0.15) is 0 Å². The summed E-state index contributed by atoms with van der Waals surface area (Å²) in [4.78, 5) is 12.6. The van der Waals surface area contributed by atoms with Crippen molar-refractivity contribution >= 4 is 17.7 Å². The van der Waals surface area contributed by atoms with Gasteiger partial charge in [0, 0.05) is 17.5 Å². The van der Waals surface area contributed by atoms with Gasteiger partial charge < -0.3 is 10.6 Å². The lowest BCUT2D eigenvalue weighted by atomic mass is 10.1. The molecule has 2 N–H and O–H groups in total. The topological polar surface area (TPSA) is 41.1 Å². The van der Waals surface area contributed by atoms with Crippen molar-refractivity contribution in [2.75, 3.05) is 19.3 Å². The summed E-state index contributed by atoms with van der Waals surface area (Å²) in [6.07, 6.45) is 2.06. The second kappa shape index (κ2) is 7.35. The normalized spacial score (nSPS) is 12.2. The van der Waals surface area contributed by atoms with Gasteiger partial charge in [0.05, 0.1) is 6.54 Å². The van der Waals surface area contributed by atoms with Gasteiger partial charge in [0.25, 0.3) is 0 Å². The van der Waals surface area contributed by atoms with E-state index in [1.807, 2.05) is 6.92 Å². The zero-order valence-electron chi connectivity index (χ0n) is 10.6. The standard InChI is InChI=1S/C13H20N2OS/c1-4-14-13(16)9-15-10(2)11-5-7-12(17-3)8-6-11/h5-8,10,15H,4,9H2,1-3H3,(H,14,16). The third kappa shape index (κ3) is 4.79. The first-order valence-corrected chi connectivity index (χ1v) is 7.04. The molecule has 0 aliphatic carbocycles. The molecule has 0 aromatic heterocycles. The predicted octanol–water partition coefficient (Wildman–Crippen LogP) is 2.20. The van der Waals surface area contributed by atoms with Crippen LogP contribution in [0.25, 0.3) is 0 Å². The lowest BCUT2D eigenvalue weighted by molar-refractivity contribution is -0.120. The first-order valence-electron chi connectivity index (χ1n) is 5.81. The molecule has 1 rings (SSSR count). The molecule has 1 aromatic rings. The summed E-state index contributed by atoms with van der Waals surface area (Å²) in [5.74, 6) is 0.0417. The van der Waals surface area contributed by atoms with E-state index in [4.69, 9.17) is 0 Å². The Morgan fingerprint density at radius 3 is 2.53 bits per heavy atom. The maximum absolute atomic E-state index is 11.3. The highest BCUT2D eigenvalue weighted by Gasteiger charge is 2.06. The van der Waals surface area contributed by atoms with Gasteiger partial charge >= 0.3 is 0 Å². The highest BCUT2D eigenvalue weighted by Crippen LogP contribution is 2.18. The molecule has 0 saturated carbocycles. The first-order chi connectivity index (χ1) is 8.17. The largest absolute Gasteiger partial charge is 0.355 e. The lowest BCUT2D eigenvalue weighted by Crippen LogP contribution is -2.34. The van der Waals surface area contributed by atoms with Crippen LogP contribution >= 0.6 is 11.8 Å². The molecule has 1 amide bonds. The molecule has 1 unspecified atom stereocenters. The van der Waals surface area contributed by atoms with E-state index in [1.165, 1.54) is 10.5 Å². The van der Waals surface area contributed by atoms with E-state index in [1.54, 1.807) is 11.8 Å². The zero-order chi connectivity index (χ0) is 12.7.